The number of carbonyl (C=O) groups excluding carboxylic acids is 2. The molecule has 0 spiro atoms. The number of nitrogens with zero attached hydrogens (tertiary/aromatic N) is 1. The van der Waals surface area contributed by atoms with Gasteiger partial charge in [-0.15, -0.1) is 0 Å². The minimum absolute atomic E-state index is 0.258. The van der Waals surface area contributed by atoms with Gasteiger partial charge in [-0.05, 0) is 42.3 Å². The Bertz CT molecular complexity index is 988. The van der Waals surface area contributed by atoms with Crippen molar-refractivity contribution in [1.29, 1.82) is 0 Å². The van der Waals surface area contributed by atoms with Gasteiger partial charge in [-0.3, -0.25) is 13.9 Å². The Kier molecular flexibility index (Phi) is 7.82. The largest absolute Gasteiger partial charge is 0.484 e. The number of anilines is 2. The zero-order chi connectivity index (χ0) is 22.3. The number of amides is 2. The van der Waals surface area contributed by atoms with E-state index in [1.165, 1.54) is 7.05 Å². The molecule has 2 rings (SSSR count). The maximum atomic E-state index is 12.3. The summed E-state index contributed by atoms with van der Waals surface area (Å²) in [4.78, 5) is 24.6. The van der Waals surface area contributed by atoms with Crippen molar-refractivity contribution in [3.05, 3.63) is 54.1 Å². The number of hydrogen-bond acceptors (Lipinski definition) is 5. The maximum Gasteiger partial charge on any atom is 0.262 e. The molecule has 0 fully saturated rings. The standard InChI is InChI=1S/C21H27N3O5S/c1-15(2)13-22-21(26)18-7-5-6-8-19(18)23-20(25)14-29-17-11-9-16(10-12-17)24(3)30(4,27)28/h5-12,15H,13-14H2,1-4H3,(H,22,26)(H,23,25). The molecule has 0 radical (unpaired) electrons. The molecule has 0 bridgehead atoms. The number of ether oxygens (including phenoxy) is 1. The highest BCUT2D eigenvalue weighted by molar-refractivity contribution is 7.92. The van der Waals surface area contributed by atoms with E-state index < -0.39 is 15.9 Å². The van der Waals surface area contributed by atoms with Gasteiger partial charge in [0.2, 0.25) is 10.0 Å². The molecule has 0 saturated carbocycles. The van der Waals surface area contributed by atoms with E-state index in [1.807, 2.05) is 13.8 Å². The van der Waals surface area contributed by atoms with Crippen LogP contribution in [0.25, 0.3) is 0 Å². The third-order valence-corrected chi connectivity index (χ3v) is 5.39. The topological polar surface area (TPSA) is 105 Å². The first-order valence-electron chi connectivity index (χ1n) is 9.41. The number of carbonyl (C=O) groups is 2. The van der Waals surface area contributed by atoms with Crippen LogP contribution in [0.3, 0.4) is 0 Å². The van der Waals surface area contributed by atoms with Crippen LogP contribution in [0.2, 0.25) is 0 Å². The molecular formula is C21H27N3O5S. The smallest absolute Gasteiger partial charge is 0.262 e. The second-order valence-corrected chi connectivity index (χ2v) is 9.22. The highest BCUT2D eigenvalue weighted by Crippen LogP contribution is 2.20. The van der Waals surface area contributed by atoms with Crippen molar-refractivity contribution in [3.63, 3.8) is 0 Å². The molecule has 0 aliphatic rings. The van der Waals surface area contributed by atoms with Crippen LogP contribution in [-0.4, -0.2) is 46.7 Å². The molecule has 2 N–H and O–H groups in total. The van der Waals surface area contributed by atoms with Gasteiger partial charge < -0.3 is 15.4 Å². The lowest BCUT2D eigenvalue weighted by atomic mass is 10.1. The Hall–Kier alpha value is -3.07. The van der Waals surface area contributed by atoms with Crippen LogP contribution in [0.1, 0.15) is 24.2 Å². The molecule has 2 aromatic rings. The van der Waals surface area contributed by atoms with Crippen LogP contribution >= 0.6 is 0 Å². The van der Waals surface area contributed by atoms with Crippen molar-refractivity contribution >= 4 is 33.2 Å². The molecule has 8 nitrogen and oxygen atoms in total. The molecule has 2 amide bonds. The lowest BCUT2D eigenvalue weighted by molar-refractivity contribution is -0.118. The SMILES string of the molecule is CC(C)CNC(=O)c1ccccc1NC(=O)COc1ccc(N(C)S(C)(=O)=O)cc1. The Morgan fingerprint density at radius 2 is 1.70 bits per heavy atom. The van der Waals surface area contributed by atoms with E-state index >= 15 is 0 Å². The zero-order valence-electron chi connectivity index (χ0n) is 17.5. The Balaban J connectivity index is 1.96. The van der Waals surface area contributed by atoms with Gasteiger partial charge in [0.15, 0.2) is 6.61 Å². The van der Waals surface area contributed by atoms with Gasteiger partial charge in [0.25, 0.3) is 11.8 Å². The maximum absolute atomic E-state index is 12.3. The van der Waals surface area contributed by atoms with Gasteiger partial charge in [0.1, 0.15) is 5.75 Å². The predicted molar refractivity (Wildman–Crippen MR) is 117 cm³/mol. The predicted octanol–water partition coefficient (Wildman–Crippen LogP) is 2.49. The molecule has 9 heteroatoms. The van der Waals surface area contributed by atoms with E-state index in [1.54, 1.807) is 48.5 Å². The first-order chi connectivity index (χ1) is 14.1. The van der Waals surface area contributed by atoms with Gasteiger partial charge in [-0.1, -0.05) is 26.0 Å². The molecule has 162 valence electrons. The average molecular weight is 434 g/mol. The molecular weight excluding hydrogens is 406 g/mol. The number of nitrogens with one attached hydrogen (secondary N) is 2. The van der Waals surface area contributed by atoms with Crippen LogP contribution in [-0.2, 0) is 14.8 Å². The van der Waals surface area contributed by atoms with Gasteiger partial charge in [0.05, 0.1) is 23.2 Å². The van der Waals surface area contributed by atoms with Crippen LogP contribution < -0.4 is 19.7 Å². The second-order valence-electron chi connectivity index (χ2n) is 7.21. The Morgan fingerprint density at radius 1 is 1.07 bits per heavy atom. The van der Waals surface area contributed by atoms with Crippen LogP contribution in [0, 0.1) is 5.92 Å². The third-order valence-electron chi connectivity index (χ3n) is 4.18. The summed E-state index contributed by atoms with van der Waals surface area (Å²) < 4.78 is 29.7. The van der Waals surface area contributed by atoms with Crippen molar-refractivity contribution in [2.24, 2.45) is 5.92 Å². The summed E-state index contributed by atoms with van der Waals surface area (Å²) in [7, 11) is -1.90. The molecule has 0 atom stereocenters. The Labute approximate surface area is 177 Å². The third kappa shape index (κ3) is 6.77. The van der Waals surface area contributed by atoms with E-state index in [0.29, 0.717) is 35.2 Å². The zero-order valence-corrected chi connectivity index (χ0v) is 18.3. The van der Waals surface area contributed by atoms with Crippen molar-refractivity contribution in [1.82, 2.24) is 5.32 Å². The second kappa shape index (κ2) is 10.1. The summed E-state index contributed by atoms with van der Waals surface area (Å²) in [5.41, 5.74) is 1.26. The number of benzene rings is 2. The van der Waals surface area contributed by atoms with Gasteiger partial charge in [0, 0.05) is 13.6 Å². The monoisotopic (exact) mass is 433 g/mol. The minimum Gasteiger partial charge on any atom is -0.484 e. The molecule has 0 saturated heterocycles. The van der Waals surface area contributed by atoms with Crippen molar-refractivity contribution in [2.45, 2.75) is 13.8 Å². The molecule has 2 aromatic carbocycles. The minimum atomic E-state index is -3.35. The van der Waals surface area contributed by atoms with Crippen molar-refractivity contribution in [2.75, 3.05) is 36.1 Å². The van der Waals surface area contributed by atoms with Gasteiger partial charge in [-0.25, -0.2) is 8.42 Å². The lowest BCUT2D eigenvalue weighted by Crippen LogP contribution is -2.29. The molecule has 30 heavy (non-hydrogen) atoms. The first kappa shape index (κ1) is 23.2. The summed E-state index contributed by atoms with van der Waals surface area (Å²) in [6.45, 7) is 4.27. The number of rotatable bonds is 9. The lowest BCUT2D eigenvalue weighted by Gasteiger charge is -2.17. The van der Waals surface area contributed by atoms with Crippen LogP contribution in [0.15, 0.2) is 48.5 Å². The summed E-state index contributed by atoms with van der Waals surface area (Å²) >= 11 is 0. The number of sulfonamides is 1. The van der Waals surface area contributed by atoms with Crippen LogP contribution in [0.5, 0.6) is 5.75 Å². The summed E-state index contributed by atoms with van der Waals surface area (Å²) in [6, 6.07) is 13.1. The molecule has 0 aliphatic carbocycles. The first-order valence-corrected chi connectivity index (χ1v) is 11.3. The normalized spacial score (nSPS) is 11.1. The molecule has 0 unspecified atom stereocenters. The van der Waals surface area contributed by atoms with Crippen molar-refractivity contribution < 1.29 is 22.7 Å². The summed E-state index contributed by atoms with van der Waals surface area (Å²) in [6.07, 6.45) is 1.11. The Morgan fingerprint density at radius 3 is 2.30 bits per heavy atom. The molecule has 0 aliphatic heterocycles. The molecule has 0 aromatic heterocycles. The van der Waals surface area contributed by atoms with E-state index in [0.717, 1.165) is 10.6 Å². The highest BCUT2D eigenvalue weighted by Gasteiger charge is 2.14. The van der Waals surface area contributed by atoms with E-state index in [9.17, 15) is 18.0 Å². The van der Waals surface area contributed by atoms with E-state index in [-0.39, 0.29) is 12.5 Å². The number of para-hydroxylation sites is 1. The fourth-order valence-corrected chi connectivity index (χ4v) is 2.97. The summed E-state index contributed by atoms with van der Waals surface area (Å²) in [5.74, 6) is 0.0500. The number of hydrogen-bond donors (Lipinski definition) is 2. The van der Waals surface area contributed by atoms with Crippen LogP contribution in [0.4, 0.5) is 11.4 Å². The van der Waals surface area contributed by atoms with Crippen molar-refractivity contribution in [3.8, 4) is 5.75 Å². The molecule has 0 heterocycles. The average Bonchev–Trinajstić information content (AvgIpc) is 2.70. The quantitative estimate of drug-likeness (QED) is 0.632. The van der Waals surface area contributed by atoms with Gasteiger partial charge >= 0.3 is 0 Å². The van der Waals surface area contributed by atoms with Gasteiger partial charge in [-0.2, -0.15) is 0 Å². The summed E-state index contributed by atoms with van der Waals surface area (Å²) in [5, 5.41) is 5.51. The fourth-order valence-electron chi connectivity index (χ4n) is 2.46. The van der Waals surface area contributed by atoms with E-state index in [4.69, 9.17) is 4.74 Å². The van der Waals surface area contributed by atoms with E-state index in [2.05, 4.69) is 10.6 Å². The fraction of sp³-hybridized carbons (Fsp3) is 0.333. The highest BCUT2D eigenvalue weighted by atomic mass is 32.2.